The lowest BCUT2D eigenvalue weighted by Crippen LogP contribution is -2.50. The van der Waals surface area contributed by atoms with E-state index in [1.165, 1.54) is 5.69 Å². The van der Waals surface area contributed by atoms with Crippen LogP contribution in [-0.2, 0) is 9.47 Å². The molecule has 3 aromatic carbocycles. The number of rotatable bonds is 5. The SMILES string of the molecule is CC(C)(C)OC(=O)N1CCN(c2ccc(C=O)cc2)CC1.O=Cc1ccc(N2CCNCC2)cc1.[C-]#[N+]c1ccc(N2CCN(C(=O)OC(C)(C)C)CC2)cc1. The van der Waals surface area contributed by atoms with E-state index in [9.17, 15) is 19.2 Å². The molecule has 1 N–H and O–H groups in total. The maximum Gasteiger partial charge on any atom is 0.410 e. The predicted molar refractivity (Wildman–Crippen MR) is 221 cm³/mol. The number of piperazine rings is 3. The lowest BCUT2D eigenvalue weighted by molar-refractivity contribution is 0.0230. The average molecular weight is 768 g/mol. The Morgan fingerprint density at radius 3 is 1.18 bits per heavy atom. The molecule has 0 saturated carbocycles. The number of hydrogen-bond acceptors (Lipinski definition) is 10. The van der Waals surface area contributed by atoms with Crippen LogP contribution >= 0.6 is 0 Å². The summed E-state index contributed by atoms with van der Waals surface area (Å²) in [6.07, 6.45) is 1.22. The van der Waals surface area contributed by atoms with Crippen LogP contribution in [-0.4, -0.2) is 124 Å². The van der Waals surface area contributed by atoms with Crippen LogP contribution in [0, 0.1) is 6.57 Å². The minimum absolute atomic E-state index is 0.245. The third kappa shape index (κ3) is 13.9. The molecule has 6 rings (SSSR count). The summed E-state index contributed by atoms with van der Waals surface area (Å²) in [5.74, 6) is 0. The van der Waals surface area contributed by atoms with Gasteiger partial charge in [0.25, 0.3) is 0 Å². The Kier molecular flexibility index (Phi) is 15.7. The van der Waals surface area contributed by atoms with Crippen molar-refractivity contribution in [1.82, 2.24) is 15.1 Å². The van der Waals surface area contributed by atoms with Crippen molar-refractivity contribution in [2.24, 2.45) is 0 Å². The third-order valence-corrected chi connectivity index (χ3v) is 9.11. The highest BCUT2D eigenvalue weighted by Crippen LogP contribution is 2.22. The molecule has 13 heteroatoms. The predicted octanol–water partition coefficient (Wildman–Crippen LogP) is 6.76. The second-order valence-corrected chi connectivity index (χ2v) is 15.7. The van der Waals surface area contributed by atoms with E-state index in [0.29, 0.717) is 37.4 Å². The number of hydrogen-bond donors (Lipinski definition) is 1. The van der Waals surface area contributed by atoms with Crippen molar-refractivity contribution in [1.29, 1.82) is 0 Å². The maximum atomic E-state index is 12.0. The summed E-state index contributed by atoms with van der Waals surface area (Å²) in [6, 6.07) is 22.8. The van der Waals surface area contributed by atoms with Gasteiger partial charge in [0.15, 0.2) is 5.69 Å². The average Bonchev–Trinajstić information content (AvgIpc) is 3.20. The van der Waals surface area contributed by atoms with Crippen LogP contribution in [0.5, 0.6) is 0 Å². The van der Waals surface area contributed by atoms with Crippen LogP contribution in [0.3, 0.4) is 0 Å². The van der Waals surface area contributed by atoms with Gasteiger partial charge >= 0.3 is 12.2 Å². The maximum absolute atomic E-state index is 12.0. The zero-order chi connectivity index (χ0) is 40.7. The molecule has 0 radical (unpaired) electrons. The first-order valence-corrected chi connectivity index (χ1v) is 19.2. The third-order valence-electron chi connectivity index (χ3n) is 9.11. The van der Waals surface area contributed by atoms with Crippen molar-refractivity contribution in [3.8, 4) is 0 Å². The van der Waals surface area contributed by atoms with Gasteiger partial charge in [-0.15, -0.1) is 0 Å². The summed E-state index contributed by atoms with van der Waals surface area (Å²) >= 11 is 0. The second kappa shape index (κ2) is 20.3. The summed E-state index contributed by atoms with van der Waals surface area (Å²) < 4.78 is 10.8. The van der Waals surface area contributed by atoms with Crippen LogP contribution in [0.1, 0.15) is 62.3 Å². The summed E-state index contributed by atoms with van der Waals surface area (Å²) in [4.78, 5) is 58.7. The molecule has 3 fully saturated rings. The van der Waals surface area contributed by atoms with Gasteiger partial charge in [-0.2, -0.15) is 0 Å². The van der Waals surface area contributed by atoms with Crippen LogP contribution in [0.15, 0.2) is 72.8 Å². The van der Waals surface area contributed by atoms with Crippen LogP contribution in [0.25, 0.3) is 4.85 Å². The molecule has 0 aliphatic carbocycles. The summed E-state index contributed by atoms with van der Waals surface area (Å²) in [5.41, 5.74) is 4.51. The molecule has 13 nitrogen and oxygen atoms in total. The monoisotopic (exact) mass is 767 g/mol. The normalized spacial score (nSPS) is 15.9. The molecule has 2 amide bonds. The van der Waals surface area contributed by atoms with Crippen molar-refractivity contribution in [2.75, 3.05) is 93.2 Å². The van der Waals surface area contributed by atoms with Gasteiger partial charge in [-0.25, -0.2) is 14.4 Å². The van der Waals surface area contributed by atoms with Crippen LogP contribution < -0.4 is 20.0 Å². The van der Waals surface area contributed by atoms with Gasteiger partial charge in [0.05, 0.1) is 6.57 Å². The van der Waals surface area contributed by atoms with E-state index in [1.54, 1.807) is 9.80 Å². The molecule has 3 aliphatic rings. The fourth-order valence-electron chi connectivity index (χ4n) is 6.14. The highest BCUT2D eigenvalue weighted by Gasteiger charge is 2.27. The van der Waals surface area contributed by atoms with E-state index in [1.807, 2.05) is 114 Å². The molecule has 0 bridgehead atoms. The van der Waals surface area contributed by atoms with Crippen LogP contribution in [0.4, 0.5) is 32.3 Å². The number of ether oxygens (including phenoxy) is 2. The first-order valence-electron chi connectivity index (χ1n) is 19.2. The van der Waals surface area contributed by atoms with E-state index >= 15 is 0 Å². The molecule has 56 heavy (non-hydrogen) atoms. The molecule has 0 spiro atoms. The zero-order valence-corrected chi connectivity index (χ0v) is 33.7. The summed E-state index contributed by atoms with van der Waals surface area (Å²) in [5, 5.41) is 3.31. The quantitative estimate of drug-likeness (QED) is 0.221. The fourth-order valence-corrected chi connectivity index (χ4v) is 6.14. The first-order chi connectivity index (χ1) is 26.7. The minimum atomic E-state index is -0.459. The van der Waals surface area contributed by atoms with Gasteiger partial charge in [0.1, 0.15) is 23.8 Å². The molecular weight excluding hydrogens is 711 g/mol. The Labute approximate surface area is 331 Å². The number of carbonyl (C=O) groups is 4. The molecule has 0 aromatic heterocycles. The van der Waals surface area contributed by atoms with E-state index in [-0.39, 0.29) is 12.2 Å². The number of aldehydes is 2. The number of nitrogens with one attached hydrogen (secondary N) is 1. The smallest absolute Gasteiger partial charge is 0.410 e. The lowest BCUT2D eigenvalue weighted by atomic mass is 10.2. The topological polar surface area (TPSA) is 119 Å². The number of anilines is 3. The Balaban J connectivity index is 0.000000190. The Morgan fingerprint density at radius 2 is 0.875 bits per heavy atom. The standard InChI is InChI=1S/C16H21N3O2.C16H22N2O3.C11H14N2O/c1-16(2,3)21-15(20)19-11-9-18(10-12-19)14-7-5-13(17-4)6-8-14;1-16(2,3)21-15(20)18-10-8-17(9-11-18)14-6-4-13(12-19)5-7-14;14-9-10-1-3-11(4-2-10)13-7-5-12-6-8-13/h5-8H,9-12H2,1-3H3;4-7,12H,8-11H2,1-3H3;1-4,9,12H,5-8H2. The van der Waals surface area contributed by atoms with Crippen molar-refractivity contribution >= 4 is 47.5 Å². The van der Waals surface area contributed by atoms with Crippen molar-refractivity contribution in [3.05, 3.63) is 95.3 Å². The number of benzene rings is 3. The summed E-state index contributed by atoms with van der Waals surface area (Å²) in [6.45, 7) is 28.0. The highest BCUT2D eigenvalue weighted by atomic mass is 16.6. The van der Waals surface area contributed by atoms with Crippen molar-refractivity contribution in [2.45, 2.75) is 52.7 Å². The highest BCUT2D eigenvalue weighted by molar-refractivity contribution is 5.76. The first kappa shape index (κ1) is 43.1. The molecule has 300 valence electrons. The summed E-state index contributed by atoms with van der Waals surface area (Å²) in [7, 11) is 0. The van der Waals surface area contributed by atoms with Gasteiger partial charge in [-0.1, -0.05) is 12.1 Å². The number of carbonyl (C=O) groups excluding carboxylic acids is 4. The fraction of sp³-hybridized carbons (Fsp3) is 0.465. The van der Waals surface area contributed by atoms with Gasteiger partial charge in [0, 0.05) is 107 Å². The second-order valence-electron chi connectivity index (χ2n) is 15.7. The van der Waals surface area contributed by atoms with Gasteiger partial charge in [-0.3, -0.25) is 9.59 Å². The van der Waals surface area contributed by atoms with E-state index in [0.717, 1.165) is 81.9 Å². The number of nitrogens with zero attached hydrogens (tertiary/aromatic N) is 6. The molecule has 3 aliphatic heterocycles. The van der Waals surface area contributed by atoms with Gasteiger partial charge < -0.3 is 39.3 Å². The van der Waals surface area contributed by atoms with E-state index in [2.05, 4.69) is 24.9 Å². The molecule has 3 heterocycles. The van der Waals surface area contributed by atoms with Gasteiger partial charge in [0.2, 0.25) is 0 Å². The van der Waals surface area contributed by atoms with Gasteiger partial charge in [-0.05, 0) is 102 Å². The Hall–Kier alpha value is -5.61. The minimum Gasteiger partial charge on any atom is -0.444 e. The van der Waals surface area contributed by atoms with Crippen molar-refractivity contribution in [3.63, 3.8) is 0 Å². The molecule has 3 saturated heterocycles. The van der Waals surface area contributed by atoms with E-state index < -0.39 is 11.2 Å². The number of amides is 2. The molecule has 3 aromatic rings. The molecule has 0 atom stereocenters. The Morgan fingerprint density at radius 1 is 0.554 bits per heavy atom. The largest absolute Gasteiger partial charge is 0.444 e. The zero-order valence-electron chi connectivity index (χ0n) is 33.7. The molecular formula is C43H57N7O6. The lowest BCUT2D eigenvalue weighted by Gasteiger charge is -2.36. The van der Waals surface area contributed by atoms with Crippen molar-refractivity contribution < 1.29 is 28.7 Å². The van der Waals surface area contributed by atoms with Crippen LogP contribution in [0.2, 0.25) is 0 Å². The Bertz CT molecular complexity index is 1740. The molecule has 0 unspecified atom stereocenters. The van der Waals surface area contributed by atoms with E-state index in [4.69, 9.17) is 16.0 Å².